The molecule has 0 saturated carbocycles. The van der Waals surface area contributed by atoms with Gasteiger partial charge in [0.25, 0.3) is 0 Å². The molecule has 0 amide bonds. The van der Waals surface area contributed by atoms with E-state index in [0.29, 0.717) is 11.5 Å². The van der Waals surface area contributed by atoms with Crippen molar-refractivity contribution in [3.05, 3.63) is 36.0 Å². The fourth-order valence-corrected chi connectivity index (χ4v) is 1.12. The average molecular weight is 178 g/mol. The van der Waals surface area contributed by atoms with Gasteiger partial charge >= 0.3 is 0 Å². The Morgan fingerprint density at radius 3 is 2.92 bits per heavy atom. The van der Waals surface area contributed by atoms with E-state index >= 15 is 0 Å². The van der Waals surface area contributed by atoms with E-state index in [-0.39, 0.29) is 5.82 Å². The van der Waals surface area contributed by atoms with Gasteiger partial charge in [-0.1, -0.05) is 6.07 Å². The van der Waals surface area contributed by atoms with Crippen LogP contribution in [0.5, 0.6) is 0 Å². The van der Waals surface area contributed by atoms with Gasteiger partial charge in [-0.05, 0) is 24.6 Å². The molecular weight excluding hydrogens is 171 g/mol. The van der Waals surface area contributed by atoms with Crippen LogP contribution in [0.15, 0.2) is 29.0 Å². The lowest BCUT2D eigenvalue weighted by Crippen LogP contribution is -1.85. The highest BCUT2D eigenvalue weighted by Crippen LogP contribution is 2.21. The van der Waals surface area contributed by atoms with Gasteiger partial charge in [0, 0.05) is 5.56 Å². The topological polar surface area (TPSA) is 38.9 Å². The Morgan fingerprint density at radius 2 is 2.23 bits per heavy atom. The van der Waals surface area contributed by atoms with E-state index in [4.69, 9.17) is 4.42 Å². The second kappa shape index (κ2) is 2.97. The average Bonchev–Trinajstić information content (AvgIpc) is 2.61. The highest BCUT2D eigenvalue weighted by molar-refractivity contribution is 5.57. The minimum absolute atomic E-state index is 0.307. The quantitative estimate of drug-likeness (QED) is 0.671. The van der Waals surface area contributed by atoms with E-state index in [0.717, 1.165) is 5.56 Å². The summed E-state index contributed by atoms with van der Waals surface area (Å²) in [5.41, 5.74) is 1.54. The normalized spacial score (nSPS) is 10.3. The Kier molecular flexibility index (Phi) is 1.81. The van der Waals surface area contributed by atoms with E-state index in [9.17, 15) is 4.39 Å². The second-order valence-electron chi connectivity index (χ2n) is 2.70. The van der Waals surface area contributed by atoms with Crippen molar-refractivity contribution in [2.24, 2.45) is 0 Å². The van der Waals surface area contributed by atoms with Crippen LogP contribution < -0.4 is 0 Å². The van der Waals surface area contributed by atoms with E-state index in [1.54, 1.807) is 6.07 Å². The fourth-order valence-electron chi connectivity index (χ4n) is 1.12. The molecule has 0 aliphatic carbocycles. The van der Waals surface area contributed by atoms with Gasteiger partial charge in [-0.25, -0.2) is 4.39 Å². The van der Waals surface area contributed by atoms with Crippen LogP contribution >= 0.6 is 0 Å². The molecule has 0 aliphatic rings. The lowest BCUT2D eigenvalue weighted by Gasteiger charge is -1.99. The van der Waals surface area contributed by atoms with Crippen LogP contribution in [0.1, 0.15) is 5.56 Å². The van der Waals surface area contributed by atoms with Crippen molar-refractivity contribution in [1.82, 2.24) is 10.2 Å². The summed E-state index contributed by atoms with van der Waals surface area (Å²) in [7, 11) is 0. The number of aromatic nitrogens is 2. The van der Waals surface area contributed by atoms with E-state index in [1.165, 1.54) is 18.5 Å². The first kappa shape index (κ1) is 7.91. The van der Waals surface area contributed by atoms with Crippen molar-refractivity contribution in [1.29, 1.82) is 0 Å². The highest BCUT2D eigenvalue weighted by atomic mass is 19.1. The second-order valence-corrected chi connectivity index (χ2v) is 2.70. The van der Waals surface area contributed by atoms with Gasteiger partial charge in [-0.3, -0.25) is 0 Å². The van der Waals surface area contributed by atoms with Gasteiger partial charge in [-0.2, -0.15) is 0 Å². The van der Waals surface area contributed by atoms with Gasteiger partial charge < -0.3 is 4.42 Å². The SMILES string of the molecule is Cc1ccc(F)cc1-c1nnco1. The molecule has 4 heteroatoms. The molecule has 13 heavy (non-hydrogen) atoms. The van der Waals surface area contributed by atoms with Crippen LogP contribution in [0.25, 0.3) is 11.5 Å². The number of rotatable bonds is 1. The van der Waals surface area contributed by atoms with Gasteiger partial charge in [0.2, 0.25) is 12.3 Å². The first-order valence-corrected chi connectivity index (χ1v) is 3.80. The molecule has 0 aliphatic heterocycles. The molecule has 1 aromatic heterocycles. The third kappa shape index (κ3) is 1.42. The van der Waals surface area contributed by atoms with Gasteiger partial charge in [0.05, 0.1) is 0 Å². The van der Waals surface area contributed by atoms with Crippen molar-refractivity contribution in [3.8, 4) is 11.5 Å². The summed E-state index contributed by atoms with van der Waals surface area (Å²) >= 11 is 0. The predicted molar refractivity (Wildman–Crippen MR) is 44.4 cm³/mol. The van der Waals surface area contributed by atoms with Crippen LogP contribution in [0, 0.1) is 12.7 Å². The lowest BCUT2D eigenvalue weighted by atomic mass is 10.1. The summed E-state index contributed by atoms with van der Waals surface area (Å²) in [4.78, 5) is 0. The van der Waals surface area contributed by atoms with Gasteiger partial charge in [-0.15, -0.1) is 10.2 Å². The zero-order valence-corrected chi connectivity index (χ0v) is 6.99. The molecule has 0 bridgehead atoms. The minimum Gasteiger partial charge on any atom is -0.423 e. The largest absolute Gasteiger partial charge is 0.423 e. The molecule has 0 saturated heterocycles. The minimum atomic E-state index is -0.307. The fraction of sp³-hybridized carbons (Fsp3) is 0.111. The Balaban J connectivity index is 2.57. The lowest BCUT2D eigenvalue weighted by molar-refractivity contribution is 0.566. The Morgan fingerprint density at radius 1 is 1.38 bits per heavy atom. The third-order valence-electron chi connectivity index (χ3n) is 1.79. The first-order chi connectivity index (χ1) is 6.27. The molecule has 2 aromatic rings. The molecule has 0 unspecified atom stereocenters. The van der Waals surface area contributed by atoms with Crippen LogP contribution in [-0.2, 0) is 0 Å². The smallest absolute Gasteiger partial charge is 0.247 e. The molecule has 0 atom stereocenters. The van der Waals surface area contributed by atoms with E-state index in [1.807, 2.05) is 6.92 Å². The highest BCUT2D eigenvalue weighted by Gasteiger charge is 2.07. The third-order valence-corrected chi connectivity index (χ3v) is 1.79. The number of benzene rings is 1. The molecule has 1 aromatic carbocycles. The van der Waals surface area contributed by atoms with Crippen molar-refractivity contribution < 1.29 is 8.81 Å². The predicted octanol–water partition coefficient (Wildman–Crippen LogP) is 2.18. The Bertz CT molecular complexity index is 412. The molecule has 0 N–H and O–H groups in total. The van der Waals surface area contributed by atoms with Crippen molar-refractivity contribution in [2.45, 2.75) is 6.92 Å². The zero-order chi connectivity index (χ0) is 9.26. The van der Waals surface area contributed by atoms with Crippen molar-refractivity contribution >= 4 is 0 Å². The number of hydrogen-bond donors (Lipinski definition) is 0. The summed E-state index contributed by atoms with van der Waals surface area (Å²) in [6.07, 6.45) is 1.22. The summed E-state index contributed by atoms with van der Waals surface area (Å²) in [6.45, 7) is 1.86. The molecule has 1 heterocycles. The molecule has 2 rings (SSSR count). The van der Waals surface area contributed by atoms with Crippen molar-refractivity contribution in [3.63, 3.8) is 0 Å². The molecule has 66 valence electrons. The monoisotopic (exact) mass is 178 g/mol. The van der Waals surface area contributed by atoms with Crippen LogP contribution in [0.4, 0.5) is 4.39 Å². The number of hydrogen-bond acceptors (Lipinski definition) is 3. The molecule has 0 fully saturated rings. The van der Waals surface area contributed by atoms with Crippen LogP contribution in [0.2, 0.25) is 0 Å². The summed E-state index contributed by atoms with van der Waals surface area (Å²) in [6, 6.07) is 4.45. The van der Waals surface area contributed by atoms with Crippen LogP contribution in [0.3, 0.4) is 0 Å². The Labute approximate surface area is 74.2 Å². The molecule has 0 spiro atoms. The number of aryl methyl sites for hydroxylation is 1. The number of halogens is 1. The maximum absolute atomic E-state index is 12.8. The van der Waals surface area contributed by atoms with Gasteiger partial charge in [0.1, 0.15) is 5.82 Å². The summed E-state index contributed by atoms with van der Waals surface area (Å²) in [5.74, 6) is 0.0378. The summed E-state index contributed by atoms with van der Waals surface area (Å²) < 4.78 is 17.8. The van der Waals surface area contributed by atoms with Crippen LogP contribution in [-0.4, -0.2) is 10.2 Å². The maximum Gasteiger partial charge on any atom is 0.247 e. The number of nitrogens with zero attached hydrogens (tertiary/aromatic N) is 2. The molecule has 3 nitrogen and oxygen atoms in total. The standard InChI is InChI=1S/C9H7FN2O/c1-6-2-3-7(10)4-8(6)9-12-11-5-13-9/h2-5H,1H3. The maximum atomic E-state index is 12.8. The first-order valence-electron chi connectivity index (χ1n) is 3.80. The molecule has 0 radical (unpaired) electrons. The van der Waals surface area contributed by atoms with E-state index < -0.39 is 0 Å². The summed E-state index contributed by atoms with van der Waals surface area (Å²) in [5, 5.41) is 7.24. The van der Waals surface area contributed by atoms with E-state index in [2.05, 4.69) is 10.2 Å². The molecular formula is C9H7FN2O. The van der Waals surface area contributed by atoms with Crippen molar-refractivity contribution in [2.75, 3.05) is 0 Å². The Hall–Kier alpha value is -1.71. The van der Waals surface area contributed by atoms with Gasteiger partial charge in [0.15, 0.2) is 0 Å². The zero-order valence-electron chi connectivity index (χ0n) is 6.99.